The fourth-order valence-electron chi connectivity index (χ4n) is 1.79. The number of pyridine rings is 1. The molecule has 0 aliphatic heterocycles. The fourth-order valence-corrected chi connectivity index (χ4v) is 2.02. The Morgan fingerprint density at radius 1 is 1.35 bits per heavy atom. The third-order valence-corrected chi connectivity index (χ3v) is 3.52. The number of nitrogens with zero attached hydrogens (tertiary/aromatic N) is 2. The Kier molecular flexibility index (Phi) is 3.97. The van der Waals surface area contributed by atoms with Gasteiger partial charge in [-0.25, -0.2) is 0 Å². The summed E-state index contributed by atoms with van der Waals surface area (Å²) >= 11 is 5.86. The van der Waals surface area contributed by atoms with Crippen molar-refractivity contribution in [2.45, 2.75) is 19.5 Å². The van der Waals surface area contributed by atoms with Crippen LogP contribution < -0.4 is 0 Å². The second-order valence-electron chi connectivity index (χ2n) is 4.45. The first-order valence-electron chi connectivity index (χ1n) is 5.80. The standard InChI is InChI=1S/C14H17ClN2/c1-11(9-15)17(2)10-12-5-6-14-13(8-12)4-3-7-16-14/h3-8,11H,9-10H2,1-2H3. The SMILES string of the molecule is CC(CCl)N(C)Cc1ccc2ncccc2c1. The van der Waals surface area contributed by atoms with E-state index >= 15 is 0 Å². The molecule has 2 nitrogen and oxygen atoms in total. The summed E-state index contributed by atoms with van der Waals surface area (Å²) < 4.78 is 0. The van der Waals surface area contributed by atoms with Crippen molar-refractivity contribution in [3.05, 3.63) is 42.1 Å². The molecule has 0 N–H and O–H groups in total. The van der Waals surface area contributed by atoms with Crippen LogP contribution in [0.25, 0.3) is 10.9 Å². The number of aromatic nitrogens is 1. The molecule has 0 bridgehead atoms. The molecule has 1 unspecified atom stereocenters. The molecule has 0 radical (unpaired) electrons. The van der Waals surface area contributed by atoms with Crippen molar-refractivity contribution in [3.63, 3.8) is 0 Å². The van der Waals surface area contributed by atoms with Gasteiger partial charge in [0.25, 0.3) is 0 Å². The summed E-state index contributed by atoms with van der Waals surface area (Å²) in [5.41, 5.74) is 2.34. The van der Waals surface area contributed by atoms with Crippen molar-refractivity contribution < 1.29 is 0 Å². The summed E-state index contributed by atoms with van der Waals surface area (Å²) in [7, 11) is 2.10. The van der Waals surface area contributed by atoms with Crippen molar-refractivity contribution in [2.75, 3.05) is 12.9 Å². The molecule has 0 saturated heterocycles. The molecule has 0 spiro atoms. The number of benzene rings is 1. The lowest BCUT2D eigenvalue weighted by atomic mass is 10.1. The third-order valence-electron chi connectivity index (χ3n) is 3.08. The van der Waals surface area contributed by atoms with Crippen LogP contribution in [0.15, 0.2) is 36.5 Å². The lowest BCUT2D eigenvalue weighted by Crippen LogP contribution is -2.29. The monoisotopic (exact) mass is 248 g/mol. The average Bonchev–Trinajstić information content (AvgIpc) is 2.37. The van der Waals surface area contributed by atoms with Crippen LogP contribution in [-0.4, -0.2) is 28.9 Å². The molecule has 1 heterocycles. The van der Waals surface area contributed by atoms with Gasteiger partial charge in [-0.1, -0.05) is 12.1 Å². The van der Waals surface area contributed by atoms with E-state index in [2.05, 4.69) is 48.1 Å². The van der Waals surface area contributed by atoms with E-state index < -0.39 is 0 Å². The van der Waals surface area contributed by atoms with Crippen LogP contribution in [-0.2, 0) is 6.54 Å². The maximum absolute atomic E-state index is 5.86. The Hall–Kier alpha value is -1.12. The van der Waals surface area contributed by atoms with Gasteiger partial charge >= 0.3 is 0 Å². The van der Waals surface area contributed by atoms with Gasteiger partial charge in [0.15, 0.2) is 0 Å². The molecule has 0 aliphatic rings. The van der Waals surface area contributed by atoms with Gasteiger partial charge in [-0.3, -0.25) is 9.88 Å². The summed E-state index contributed by atoms with van der Waals surface area (Å²) in [6.45, 7) is 3.05. The molecular weight excluding hydrogens is 232 g/mol. The second kappa shape index (κ2) is 5.48. The quantitative estimate of drug-likeness (QED) is 0.772. The number of hydrogen-bond donors (Lipinski definition) is 0. The Balaban J connectivity index is 2.19. The molecule has 0 saturated carbocycles. The van der Waals surface area contributed by atoms with E-state index in [9.17, 15) is 0 Å². The molecule has 1 aromatic carbocycles. The van der Waals surface area contributed by atoms with Gasteiger partial charge in [-0.2, -0.15) is 0 Å². The number of alkyl halides is 1. The first kappa shape index (κ1) is 12.3. The maximum Gasteiger partial charge on any atom is 0.0702 e. The van der Waals surface area contributed by atoms with Gasteiger partial charge in [-0.05, 0) is 37.7 Å². The van der Waals surface area contributed by atoms with Crippen LogP contribution in [0.2, 0.25) is 0 Å². The zero-order chi connectivity index (χ0) is 12.3. The number of fused-ring (bicyclic) bond motifs is 1. The predicted octanol–water partition coefficient (Wildman–Crippen LogP) is 3.29. The van der Waals surface area contributed by atoms with Crippen LogP contribution >= 0.6 is 11.6 Å². The smallest absolute Gasteiger partial charge is 0.0702 e. The number of hydrogen-bond acceptors (Lipinski definition) is 2. The van der Waals surface area contributed by atoms with Gasteiger partial charge in [-0.15, -0.1) is 11.6 Å². The average molecular weight is 249 g/mol. The third kappa shape index (κ3) is 2.96. The van der Waals surface area contributed by atoms with Crippen LogP contribution in [0.5, 0.6) is 0 Å². The second-order valence-corrected chi connectivity index (χ2v) is 4.76. The highest BCUT2D eigenvalue weighted by atomic mass is 35.5. The number of rotatable bonds is 4. The fraction of sp³-hybridized carbons (Fsp3) is 0.357. The van der Waals surface area contributed by atoms with Crippen molar-refractivity contribution in [3.8, 4) is 0 Å². The van der Waals surface area contributed by atoms with E-state index in [1.54, 1.807) is 0 Å². The lowest BCUT2D eigenvalue weighted by Gasteiger charge is -2.22. The molecule has 0 amide bonds. The topological polar surface area (TPSA) is 16.1 Å². The van der Waals surface area contributed by atoms with Crippen LogP contribution in [0, 0.1) is 0 Å². The van der Waals surface area contributed by atoms with E-state index in [1.165, 1.54) is 10.9 Å². The Bertz CT molecular complexity index is 498. The summed E-state index contributed by atoms with van der Waals surface area (Å²) in [6.07, 6.45) is 1.82. The van der Waals surface area contributed by atoms with E-state index in [0.717, 1.165) is 12.1 Å². The Labute approximate surface area is 107 Å². The first-order valence-corrected chi connectivity index (χ1v) is 6.34. The molecule has 0 fully saturated rings. The van der Waals surface area contributed by atoms with Crippen molar-refractivity contribution in [1.29, 1.82) is 0 Å². The van der Waals surface area contributed by atoms with Crippen LogP contribution in [0.4, 0.5) is 0 Å². The highest BCUT2D eigenvalue weighted by Gasteiger charge is 2.08. The lowest BCUT2D eigenvalue weighted by molar-refractivity contribution is 0.268. The summed E-state index contributed by atoms with van der Waals surface area (Å²) in [6, 6.07) is 10.9. The molecule has 1 aromatic heterocycles. The van der Waals surface area contributed by atoms with E-state index in [4.69, 9.17) is 11.6 Å². The van der Waals surface area contributed by atoms with Gasteiger partial charge in [0, 0.05) is 30.0 Å². The summed E-state index contributed by atoms with van der Waals surface area (Å²) in [5.74, 6) is 0.658. The van der Waals surface area contributed by atoms with Crippen molar-refractivity contribution >= 4 is 22.5 Å². The van der Waals surface area contributed by atoms with Crippen molar-refractivity contribution in [2.24, 2.45) is 0 Å². The summed E-state index contributed by atoms with van der Waals surface area (Å²) in [5, 5.41) is 1.19. The van der Waals surface area contributed by atoms with E-state index in [1.807, 2.05) is 12.3 Å². The normalized spacial score (nSPS) is 13.2. The predicted molar refractivity (Wildman–Crippen MR) is 73.4 cm³/mol. The van der Waals surface area contributed by atoms with Crippen LogP contribution in [0.1, 0.15) is 12.5 Å². The highest BCUT2D eigenvalue weighted by molar-refractivity contribution is 6.18. The molecule has 0 aliphatic carbocycles. The van der Waals surface area contributed by atoms with E-state index in [-0.39, 0.29) is 0 Å². The van der Waals surface area contributed by atoms with Crippen molar-refractivity contribution in [1.82, 2.24) is 9.88 Å². The van der Waals surface area contributed by atoms with Gasteiger partial charge in [0.1, 0.15) is 0 Å². The molecule has 17 heavy (non-hydrogen) atoms. The Morgan fingerprint density at radius 3 is 2.94 bits per heavy atom. The highest BCUT2D eigenvalue weighted by Crippen LogP contribution is 2.15. The van der Waals surface area contributed by atoms with Gasteiger partial charge < -0.3 is 0 Å². The molecule has 2 rings (SSSR count). The molecule has 2 aromatic rings. The van der Waals surface area contributed by atoms with Crippen LogP contribution in [0.3, 0.4) is 0 Å². The minimum absolute atomic E-state index is 0.390. The Morgan fingerprint density at radius 2 is 2.18 bits per heavy atom. The van der Waals surface area contributed by atoms with E-state index in [0.29, 0.717) is 11.9 Å². The van der Waals surface area contributed by atoms with Gasteiger partial charge in [0.05, 0.1) is 5.52 Å². The maximum atomic E-state index is 5.86. The van der Waals surface area contributed by atoms with Gasteiger partial charge in [0.2, 0.25) is 0 Å². The first-order chi connectivity index (χ1) is 8.20. The minimum Gasteiger partial charge on any atom is -0.298 e. The minimum atomic E-state index is 0.390. The zero-order valence-electron chi connectivity index (χ0n) is 10.2. The molecule has 3 heteroatoms. The zero-order valence-corrected chi connectivity index (χ0v) is 11.0. The largest absolute Gasteiger partial charge is 0.298 e. The summed E-state index contributed by atoms with van der Waals surface area (Å²) in [4.78, 5) is 6.57. The molecular formula is C14H17ClN2. The molecule has 1 atom stereocenters. The molecule has 90 valence electrons. The number of halogens is 1.